The molecule has 1 aromatic heterocycles. The molecule has 1 saturated heterocycles. The summed E-state index contributed by atoms with van der Waals surface area (Å²) in [4.78, 5) is 18.4. The summed E-state index contributed by atoms with van der Waals surface area (Å²) in [5, 5.41) is 15.8. The van der Waals surface area contributed by atoms with Crippen LogP contribution >= 0.6 is 0 Å². The minimum Gasteiger partial charge on any atom is -0.457 e. The van der Waals surface area contributed by atoms with Crippen LogP contribution < -0.4 is 22.1 Å². The van der Waals surface area contributed by atoms with Crippen molar-refractivity contribution in [3.63, 3.8) is 0 Å². The second kappa shape index (κ2) is 9.19. The number of hydrogen-bond donors (Lipinski definition) is 4. The first-order valence-corrected chi connectivity index (χ1v) is 10.9. The van der Waals surface area contributed by atoms with Crippen LogP contribution in [0, 0.1) is 25.2 Å². The number of anilines is 1. The predicted molar refractivity (Wildman–Crippen MR) is 125 cm³/mol. The summed E-state index contributed by atoms with van der Waals surface area (Å²) in [5.41, 5.74) is 19.4. The SMILES string of the molecule is C/C(Nc1cc(C)c(C#N)cn1)=C(/N)CN1C[C@@H](c2ccc3c(c2C)COC3=O)N[C@@H](N)C1. The molecule has 6 N–H and O–H groups in total. The predicted octanol–water partition coefficient (Wildman–Crippen LogP) is 1.77. The molecule has 1 fully saturated rings. The number of nitrogens with zero attached hydrogens (tertiary/aromatic N) is 3. The van der Waals surface area contributed by atoms with Gasteiger partial charge in [-0.05, 0) is 49.6 Å². The number of allylic oxidation sites excluding steroid dienone is 1. The van der Waals surface area contributed by atoms with E-state index in [4.69, 9.17) is 21.5 Å². The Kier molecular flexibility index (Phi) is 6.33. The number of nitrogens with two attached hydrogens (primary N) is 2. The lowest BCUT2D eigenvalue weighted by molar-refractivity contribution is 0.0535. The van der Waals surface area contributed by atoms with E-state index in [9.17, 15) is 4.79 Å². The van der Waals surface area contributed by atoms with Crippen molar-refractivity contribution in [2.24, 2.45) is 11.5 Å². The van der Waals surface area contributed by atoms with Gasteiger partial charge >= 0.3 is 5.97 Å². The molecule has 2 atom stereocenters. The fourth-order valence-corrected chi connectivity index (χ4v) is 4.41. The first kappa shape index (κ1) is 22.7. The second-order valence-corrected chi connectivity index (χ2v) is 8.67. The molecule has 2 aliphatic heterocycles. The number of nitriles is 1. The van der Waals surface area contributed by atoms with Crippen molar-refractivity contribution in [1.82, 2.24) is 15.2 Å². The third kappa shape index (κ3) is 4.68. The van der Waals surface area contributed by atoms with Crippen molar-refractivity contribution in [1.29, 1.82) is 5.26 Å². The molecule has 3 heterocycles. The molecule has 0 radical (unpaired) electrons. The van der Waals surface area contributed by atoms with E-state index in [1.807, 2.05) is 39.0 Å². The molecule has 0 amide bonds. The zero-order valence-corrected chi connectivity index (χ0v) is 19.1. The first-order chi connectivity index (χ1) is 15.8. The number of carbonyl (C=O) groups excluding carboxylic acids is 1. The summed E-state index contributed by atoms with van der Waals surface area (Å²) >= 11 is 0. The van der Waals surface area contributed by atoms with Gasteiger partial charge in [0.25, 0.3) is 0 Å². The fraction of sp³-hybridized carbons (Fsp3) is 0.375. The molecular formula is C24H29N7O2. The van der Waals surface area contributed by atoms with Gasteiger partial charge in [0.15, 0.2) is 0 Å². The van der Waals surface area contributed by atoms with Crippen LogP contribution in [-0.4, -0.2) is 41.7 Å². The monoisotopic (exact) mass is 447 g/mol. The largest absolute Gasteiger partial charge is 0.457 e. The number of hydrogen-bond acceptors (Lipinski definition) is 9. The maximum absolute atomic E-state index is 11.9. The third-order valence-electron chi connectivity index (χ3n) is 6.32. The minimum atomic E-state index is -0.262. The molecule has 2 aromatic rings. The molecule has 9 nitrogen and oxygen atoms in total. The summed E-state index contributed by atoms with van der Waals surface area (Å²) in [6.07, 6.45) is 1.34. The Morgan fingerprint density at radius 1 is 1.39 bits per heavy atom. The Hall–Kier alpha value is -3.45. The molecule has 0 aliphatic carbocycles. The number of esters is 1. The highest BCUT2D eigenvalue weighted by Crippen LogP contribution is 2.30. The van der Waals surface area contributed by atoms with Crippen LogP contribution in [0.2, 0.25) is 0 Å². The molecule has 0 unspecified atom stereocenters. The van der Waals surface area contributed by atoms with Gasteiger partial charge in [0.1, 0.15) is 18.5 Å². The third-order valence-corrected chi connectivity index (χ3v) is 6.32. The highest BCUT2D eigenvalue weighted by molar-refractivity contribution is 5.94. The first-order valence-electron chi connectivity index (χ1n) is 10.9. The number of ether oxygens (including phenoxy) is 1. The minimum absolute atomic E-state index is 0.0126. The van der Waals surface area contributed by atoms with Crippen LogP contribution in [0.25, 0.3) is 0 Å². The summed E-state index contributed by atoms with van der Waals surface area (Å²) < 4.78 is 5.19. The number of aromatic nitrogens is 1. The molecule has 9 heteroatoms. The normalized spacial score (nSPS) is 21.1. The zero-order chi connectivity index (χ0) is 23.7. The average Bonchev–Trinajstić information content (AvgIpc) is 3.15. The van der Waals surface area contributed by atoms with E-state index in [2.05, 4.69) is 26.6 Å². The van der Waals surface area contributed by atoms with Gasteiger partial charge in [0.05, 0.1) is 17.3 Å². The lowest BCUT2D eigenvalue weighted by Crippen LogP contribution is -2.57. The number of benzene rings is 1. The van der Waals surface area contributed by atoms with E-state index in [1.165, 1.54) is 0 Å². The number of nitrogens with one attached hydrogen (secondary N) is 2. The second-order valence-electron chi connectivity index (χ2n) is 8.67. The van der Waals surface area contributed by atoms with Gasteiger partial charge in [0.2, 0.25) is 0 Å². The van der Waals surface area contributed by atoms with Gasteiger partial charge in [-0.2, -0.15) is 5.26 Å². The summed E-state index contributed by atoms with van der Waals surface area (Å²) in [6, 6.07) is 7.79. The lowest BCUT2D eigenvalue weighted by atomic mass is 9.93. The van der Waals surface area contributed by atoms with E-state index in [-0.39, 0.29) is 18.2 Å². The Morgan fingerprint density at radius 2 is 2.18 bits per heavy atom. The van der Waals surface area contributed by atoms with Gasteiger partial charge in [-0.15, -0.1) is 0 Å². The Balaban J connectivity index is 1.48. The Labute approximate surface area is 193 Å². The van der Waals surface area contributed by atoms with Gasteiger partial charge in [-0.25, -0.2) is 9.78 Å². The van der Waals surface area contributed by atoms with Gasteiger partial charge < -0.3 is 21.5 Å². The summed E-state index contributed by atoms with van der Waals surface area (Å²) in [5.74, 6) is 0.384. The molecule has 2 aliphatic rings. The summed E-state index contributed by atoms with van der Waals surface area (Å²) in [6.45, 7) is 8.06. The number of pyridine rings is 1. The average molecular weight is 448 g/mol. The highest BCUT2D eigenvalue weighted by Gasteiger charge is 2.30. The maximum Gasteiger partial charge on any atom is 0.338 e. The quantitative estimate of drug-likeness (QED) is 0.504. The fourth-order valence-electron chi connectivity index (χ4n) is 4.41. The molecule has 33 heavy (non-hydrogen) atoms. The van der Waals surface area contributed by atoms with Crippen molar-refractivity contribution < 1.29 is 9.53 Å². The van der Waals surface area contributed by atoms with Crippen LogP contribution in [0.15, 0.2) is 35.8 Å². The van der Waals surface area contributed by atoms with Crippen LogP contribution in [-0.2, 0) is 11.3 Å². The van der Waals surface area contributed by atoms with Gasteiger partial charge in [-0.3, -0.25) is 10.2 Å². The number of fused-ring (bicyclic) bond motifs is 1. The van der Waals surface area contributed by atoms with Crippen LogP contribution in [0.3, 0.4) is 0 Å². The van der Waals surface area contributed by atoms with E-state index < -0.39 is 0 Å². The van der Waals surface area contributed by atoms with Crippen LogP contribution in [0.1, 0.15) is 51.1 Å². The van der Waals surface area contributed by atoms with Crippen LogP contribution in [0.5, 0.6) is 0 Å². The maximum atomic E-state index is 11.9. The number of aryl methyl sites for hydroxylation is 1. The molecule has 0 bridgehead atoms. The number of rotatable bonds is 5. The van der Waals surface area contributed by atoms with Gasteiger partial charge in [0, 0.05) is 48.8 Å². The number of piperazine rings is 1. The van der Waals surface area contributed by atoms with E-state index in [0.29, 0.717) is 42.3 Å². The van der Waals surface area contributed by atoms with Crippen molar-refractivity contribution in [3.8, 4) is 6.07 Å². The molecule has 4 rings (SSSR count). The Bertz CT molecular complexity index is 1170. The highest BCUT2D eigenvalue weighted by atomic mass is 16.5. The molecule has 0 saturated carbocycles. The Morgan fingerprint density at radius 3 is 2.91 bits per heavy atom. The van der Waals surface area contributed by atoms with Crippen molar-refractivity contribution >= 4 is 11.8 Å². The smallest absolute Gasteiger partial charge is 0.338 e. The number of carbonyl (C=O) groups is 1. The lowest BCUT2D eigenvalue weighted by Gasteiger charge is -2.38. The topological polar surface area (TPSA) is 142 Å². The standard InChI is InChI=1S/C24H29N7O2/c1-13-6-23(28-8-16(13)7-25)29-15(3)20(26)9-31-10-21(30-22(27)11-31)17-4-5-18-19(14(17)2)12-33-24(18)32/h4-6,8,21-22,30H,9-12,26-27H2,1-3H3,(H,28,29)/b20-15-/t21-,22+/m0/s1. The van der Waals surface area contributed by atoms with E-state index in [1.54, 1.807) is 6.20 Å². The van der Waals surface area contributed by atoms with Crippen LogP contribution in [0.4, 0.5) is 5.82 Å². The zero-order valence-electron chi connectivity index (χ0n) is 19.1. The van der Waals surface area contributed by atoms with Crippen molar-refractivity contribution in [2.75, 3.05) is 25.0 Å². The van der Waals surface area contributed by atoms with Crippen molar-refractivity contribution in [2.45, 2.75) is 39.6 Å². The summed E-state index contributed by atoms with van der Waals surface area (Å²) in [7, 11) is 0. The molecule has 0 spiro atoms. The van der Waals surface area contributed by atoms with E-state index >= 15 is 0 Å². The van der Waals surface area contributed by atoms with Crippen molar-refractivity contribution in [3.05, 3.63) is 69.2 Å². The molecule has 1 aromatic carbocycles. The molecular weight excluding hydrogens is 418 g/mol. The molecule has 172 valence electrons. The number of cyclic esters (lactones) is 1. The van der Waals surface area contributed by atoms with Gasteiger partial charge in [-0.1, -0.05) is 6.07 Å². The van der Waals surface area contributed by atoms with E-state index in [0.717, 1.165) is 34.5 Å².